The number of amides is 3. The first-order valence-corrected chi connectivity index (χ1v) is 7.91. The molecule has 8 heteroatoms. The molecule has 3 amide bonds. The number of ether oxygens (including phenoxy) is 1. The number of primary amides is 1. The molecule has 0 aliphatic rings. The lowest BCUT2D eigenvalue weighted by Gasteiger charge is -2.17. The van der Waals surface area contributed by atoms with Crippen molar-refractivity contribution in [2.45, 2.75) is 12.5 Å². The van der Waals surface area contributed by atoms with Crippen LogP contribution in [0.5, 0.6) is 0 Å². The van der Waals surface area contributed by atoms with Gasteiger partial charge in [-0.2, -0.15) is 11.8 Å². The van der Waals surface area contributed by atoms with Crippen molar-refractivity contribution in [2.24, 2.45) is 5.73 Å². The molecule has 0 spiro atoms. The van der Waals surface area contributed by atoms with Crippen molar-refractivity contribution in [3.8, 4) is 0 Å². The van der Waals surface area contributed by atoms with Gasteiger partial charge in [0.25, 0.3) is 0 Å². The topological polar surface area (TPSA) is 111 Å². The summed E-state index contributed by atoms with van der Waals surface area (Å²) < 4.78 is 4.59. The number of hydrogen-bond acceptors (Lipinski definition) is 5. The minimum atomic E-state index is -0.748. The number of carbonyl (C=O) groups excluding carboxylic acids is 3. The quantitative estimate of drug-likeness (QED) is 0.652. The lowest BCUT2D eigenvalue weighted by atomic mass is 10.2. The van der Waals surface area contributed by atoms with Crippen molar-refractivity contribution in [3.05, 3.63) is 29.8 Å². The van der Waals surface area contributed by atoms with Gasteiger partial charge in [0.2, 0.25) is 5.91 Å². The fraction of sp³-hybridized carbons (Fsp3) is 0.357. The van der Waals surface area contributed by atoms with E-state index < -0.39 is 18.0 Å². The number of benzene rings is 1. The maximum absolute atomic E-state index is 12.1. The third-order valence-electron chi connectivity index (χ3n) is 2.82. The molecule has 0 fully saturated rings. The van der Waals surface area contributed by atoms with Crippen molar-refractivity contribution >= 4 is 35.4 Å². The van der Waals surface area contributed by atoms with E-state index in [0.29, 0.717) is 23.4 Å². The minimum absolute atomic E-state index is 0.362. The smallest absolute Gasteiger partial charge is 0.337 e. The molecule has 120 valence electrons. The Labute approximate surface area is 133 Å². The molecule has 7 nitrogen and oxygen atoms in total. The summed E-state index contributed by atoms with van der Waals surface area (Å²) in [4.78, 5) is 34.4. The molecule has 0 aromatic heterocycles. The Bertz CT molecular complexity index is 533. The highest BCUT2D eigenvalue weighted by molar-refractivity contribution is 7.98. The van der Waals surface area contributed by atoms with Gasteiger partial charge < -0.3 is 21.1 Å². The lowest BCUT2D eigenvalue weighted by Crippen LogP contribution is -2.46. The van der Waals surface area contributed by atoms with E-state index in [-0.39, 0.29) is 5.91 Å². The molecular formula is C14H19N3O4S. The monoisotopic (exact) mass is 325 g/mol. The zero-order valence-corrected chi connectivity index (χ0v) is 13.2. The van der Waals surface area contributed by atoms with Gasteiger partial charge in [0.15, 0.2) is 0 Å². The number of nitrogens with one attached hydrogen (secondary N) is 2. The highest BCUT2D eigenvalue weighted by Crippen LogP contribution is 2.12. The third kappa shape index (κ3) is 5.65. The Morgan fingerprint density at radius 3 is 2.41 bits per heavy atom. The summed E-state index contributed by atoms with van der Waals surface area (Å²) in [6.45, 7) is 0. The Morgan fingerprint density at radius 2 is 1.91 bits per heavy atom. The van der Waals surface area contributed by atoms with E-state index in [4.69, 9.17) is 5.73 Å². The standard InChI is InChI=1S/C14H19N3O4S/c1-21-13(19)9-3-5-10(6-4-9)16-12(18)11(7-8-22-2)17-14(15)20/h3-6,11H,7-8H2,1-2H3,(H,16,18)(H3,15,17,20)/t11-/m1/s1. The molecule has 0 aliphatic heterocycles. The molecular weight excluding hydrogens is 306 g/mol. The first-order chi connectivity index (χ1) is 10.5. The van der Waals surface area contributed by atoms with Gasteiger partial charge in [-0.3, -0.25) is 4.79 Å². The SMILES string of the molecule is COC(=O)c1ccc(NC(=O)[C@@H](CCSC)NC(N)=O)cc1. The number of hydrogen-bond donors (Lipinski definition) is 3. The van der Waals surface area contributed by atoms with Crippen molar-refractivity contribution in [1.29, 1.82) is 0 Å². The van der Waals surface area contributed by atoms with Crippen molar-refractivity contribution in [3.63, 3.8) is 0 Å². The van der Waals surface area contributed by atoms with Gasteiger partial charge >= 0.3 is 12.0 Å². The largest absolute Gasteiger partial charge is 0.465 e. The zero-order valence-electron chi connectivity index (χ0n) is 12.4. The van der Waals surface area contributed by atoms with E-state index in [1.54, 1.807) is 36.0 Å². The number of carbonyl (C=O) groups is 3. The second-order valence-electron chi connectivity index (χ2n) is 4.40. The zero-order chi connectivity index (χ0) is 16.5. The number of anilines is 1. The van der Waals surface area contributed by atoms with Crippen LogP contribution < -0.4 is 16.4 Å². The molecule has 1 aromatic carbocycles. The maximum Gasteiger partial charge on any atom is 0.337 e. The van der Waals surface area contributed by atoms with Crippen LogP contribution in [0.15, 0.2) is 24.3 Å². The normalized spacial score (nSPS) is 11.4. The Balaban J connectivity index is 2.71. The molecule has 0 saturated carbocycles. The second-order valence-corrected chi connectivity index (χ2v) is 5.39. The third-order valence-corrected chi connectivity index (χ3v) is 3.46. The van der Waals surface area contributed by atoms with Gasteiger partial charge in [0, 0.05) is 5.69 Å². The average Bonchev–Trinajstić information content (AvgIpc) is 2.50. The summed E-state index contributed by atoms with van der Waals surface area (Å²) in [5, 5.41) is 5.08. The molecule has 0 aliphatic carbocycles. The number of esters is 1. The molecule has 1 rings (SSSR count). The summed E-state index contributed by atoms with van der Waals surface area (Å²) in [6, 6.07) is 4.80. The van der Waals surface area contributed by atoms with Crippen LogP contribution in [0.25, 0.3) is 0 Å². The second kappa shape index (κ2) is 8.93. The molecule has 4 N–H and O–H groups in total. The van der Waals surface area contributed by atoms with Crippen LogP contribution in [0.4, 0.5) is 10.5 Å². The minimum Gasteiger partial charge on any atom is -0.465 e. The molecule has 0 unspecified atom stereocenters. The van der Waals surface area contributed by atoms with Crippen molar-refractivity contribution in [1.82, 2.24) is 5.32 Å². The van der Waals surface area contributed by atoms with E-state index in [0.717, 1.165) is 0 Å². The number of rotatable bonds is 7. The van der Waals surface area contributed by atoms with E-state index in [2.05, 4.69) is 15.4 Å². The van der Waals surface area contributed by atoms with Crippen LogP contribution in [-0.2, 0) is 9.53 Å². The summed E-state index contributed by atoms with van der Waals surface area (Å²) >= 11 is 1.56. The molecule has 0 saturated heterocycles. The van der Waals surface area contributed by atoms with E-state index >= 15 is 0 Å². The van der Waals surface area contributed by atoms with E-state index in [1.807, 2.05) is 6.26 Å². The molecule has 0 heterocycles. The summed E-state index contributed by atoms with van der Waals surface area (Å²) in [6.07, 6.45) is 2.38. The summed E-state index contributed by atoms with van der Waals surface area (Å²) in [7, 11) is 1.30. The first-order valence-electron chi connectivity index (χ1n) is 6.52. The number of nitrogens with two attached hydrogens (primary N) is 1. The number of urea groups is 1. The van der Waals surface area contributed by atoms with Crippen LogP contribution in [0.2, 0.25) is 0 Å². The van der Waals surface area contributed by atoms with Crippen LogP contribution in [0, 0.1) is 0 Å². The van der Waals surface area contributed by atoms with Gasteiger partial charge in [-0.15, -0.1) is 0 Å². The van der Waals surface area contributed by atoms with E-state index in [9.17, 15) is 14.4 Å². The first kappa shape index (κ1) is 17.8. The molecule has 1 atom stereocenters. The van der Waals surface area contributed by atoms with Gasteiger partial charge in [-0.25, -0.2) is 9.59 Å². The fourth-order valence-electron chi connectivity index (χ4n) is 1.71. The van der Waals surface area contributed by atoms with Crippen LogP contribution >= 0.6 is 11.8 Å². The molecule has 0 radical (unpaired) electrons. The molecule has 22 heavy (non-hydrogen) atoms. The van der Waals surface area contributed by atoms with Crippen LogP contribution in [-0.4, -0.2) is 43.1 Å². The summed E-state index contributed by atoms with van der Waals surface area (Å²) in [5.41, 5.74) is 5.97. The van der Waals surface area contributed by atoms with Gasteiger partial charge in [-0.1, -0.05) is 0 Å². The van der Waals surface area contributed by atoms with Gasteiger partial charge in [0.05, 0.1) is 12.7 Å². The molecule has 0 bridgehead atoms. The number of thioether (sulfide) groups is 1. The Kier molecular flexibility index (Phi) is 7.24. The van der Waals surface area contributed by atoms with Crippen LogP contribution in [0.3, 0.4) is 0 Å². The maximum atomic E-state index is 12.1. The predicted octanol–water partition coefficient (Wildman–Crippen LogP) is 1.20. The van der Waals surface area contributed by atoms with Crippen molar-refractivity contribution in [2.75, 3.05) is 24.4 Å². The van der Waals surface area contributed by atoms with Gasteiger partial charge in [-0.05, 0) is 42.7 Å². The highest BCUT2D eigenvalue weighted by Gasteiger charge is 2.19. The predicted molar refractivity (Wildman–Crippen MR) is 85.9 cm³/mol. The number of methoxy groups -OCH3 is 1. The van der Waals surface area contributed by atoms with Crippen LogP contribution in [0.1, 0.15) is 16.8 Å². The molecule has 1 aromatic rings. The van der Waals surface area contributed by atoms with Gasteiger partial charge in [0.1, 0.15) is 6.04 Å². The lowest BCUT2D eigenvalue weighted by molar-refractivity contribution is -0.117. The van der Waals surface area contributed by atoms with Crippen molar-refractivity contribution < 1.29 is 19.1 Å². The highest BCUT2D eigenvalue weighted by atomic mass is 32.2. The summed E-state index contributed by atoms with van der Waals surface area (Å²) in [5.74, 6) is -0.107. The average molecular weight is 325 g/mol. The Morgan fingerprint density at radius 1 is 1.27 bits per heavy atom. The fourth-order valence-corrected chi connectivity index (χ4v) is 2.18. The van der Waals surface area contributed by atoms with E-state index in [1.165, 1.54) is 7.11 Å². The Hall–Kier alpha value is -2.22.